The fourth-order valence-electron chi connectivity index (χ4n) is 1.41. The molecule has 7 heteroatoms. The van der Waals surface area contributed by atoms with Crippen LogP contribution >= 0.6 is 11.6 Å². The number of benzene rings is 1. The molecule has 5 nitrogen and oxygen atoms in total. The topological polar surface area (TPSA) is 89.3 Å². The van der Waals surface area contributed by atoms with E-state index in [0.717, 1.165) is 0 Å². The minimum absolute atomic E-state index is 0.293. The van der Waals surface area contributed by atoms with Gasteiger partial charge in [-0.2, -0.15) is 0 Å². The number of amides is 1. The largest absolute Gasteiger partial charge is 0.397 e. The van der Waals surface area contributed by atoms with Crippen LogP contribution in [0.4, 0.5) is 11.4 Å². The van der Waals surface area contributed by atoms with Gasteiger partial charge in [0, 0.05) is 5.02 Å². The standard InChI is InChI=1S/C12H17ClN2O3S/c1-3-8(2)19(17,18)7-12(16)15-11-5-4-9(13)6-10(11)14/h4-6,8H,3,7,14H2,1-2H3,(H,15,16). The lowest BCUT2D eigenvalue weighted by atomic mass is 10.2. The van der Waals surface area contributed by atoms with Crippen LogP contribution in [0, 0.1) is 0 Å². The number of hydrogen-bond donors (Lipinski definition) is 2. The van der Waals surface area contributed by atoms with Crippen LogP contribution in [-0.4, -0.2) is 25.3 Å². The molecule has 1 aromatic rings. The molecule has 1 aromatic carbocycles. The predicted molar refractivity (Wildman–Crippen MR) is 78.0 cm³/mol. The third kappa shape index (κ3) is 4.40. The summed E-state index contributed by atoms with van der Waals surface area (Å²) in [5.41, 5.74) is 6.32. The fourth-order valence-corrected chi connectivity index (χ4v) is 2.82. The number of carbonyl (C=O) groups is 1. The van der Waals surface area contributed by atoms with Gasteiger partial charge in [-0.15, -0.1) is 0 Å². The van der Waals surface area contributed by atoms with Gasteiger partial charge in [0.05, 0.1) is 16.6 Å². The second-order valence-electron chi connectivity index (χ2n) is 4.31. The molecule has 1 atom stereocenters. The van der Waals surface area contributed by atoms with Crippen molar-refractivity contribution >= 4 is 38.7 Å². The Morgan fingerprint density at radius 2 is 2.11 bits per heavy atom. The van der Waals surface area contributed by atoms with Gasteiger partial charge in [0.2, 0.25) is 5.91 Å². The molecule has 0 radical (unpaired) electrons. The zero-order valence-electron chi connectivity index (χ0n) is 10.8. The summed E-state index contributed by atoms with van der Waals surface area (Å²) in [5.74, 6) is -1.15. The van der Waals surface area contributed by atoms with Gasteiger partial charge in [0.1, 0.15) is 5.75 Å². The van der Waals surface area contributed by atoms with Crippen molar-refractivity contribution in [2.24, 2.45) is 0 Å². The zero-order valence-corrected chi connectivity index (χ0v) is 12.4. The number of nitrogen functional groups attached to an aromatic ring is 1. The average Bonchev–Trinajstić information content (AvgIpc) is 2.31. The van der Waals surface area contributed by atoms with Crippen LogP contribution in [-0.2, 0) is 14.6 Å². The Labute approximate surface area is 118 Å². The van der Waals surface area contributed by atoms with Gasteiger partial charge < -0.3 is 11.1 Å². The van der Waals surface area contributed by atoms with Crippen LogP contribution in [0.3, 0.4) is 0 Å². The molecule has 0 saturated carbocycles. The average molecular weight is 305 g/mol. The van der Waals surface area contributed by atoms with E-state index < -0.39 is 26.7 Å². The molecule has 0 saturated heterocycles. The normalized spacial score (nSPS) is 13.0. The van der Waals surface area contributed by atoms with Gasteiger partial charge in [-0.1, -0.05) is 18.5 Å². The minimum Gasteiger partial charge on any atom is -0.397 e. The van der Waals surface area contributed by atoms with Crippen LogP contribution < -0.4 is 11.1 Å². The van der Waals surface area contributed by atoms with E-state index in [1.807, 2.05) is 0 Å². The quantitative estimate of drug-likeness (QED) is 0.815. The van der Waals surface area contributed by atoms with Crippen LogP contribution in [0.1, 0.15) is 20.3 Å². The van der Waals surface area contributed by atoms with Gasteiger partial charge in [0.15, 0.2) is 9.84 Å². The maximum absolute atomic E-state index is 11.8. The highest BCUT2D eigenvalue weighted by Gasteiger charge is 2.23. The first-order valence-electron chi connectivity index (χ1n) is 5.82. The number of nitrogens with one attached hydrogen (secondary N) is 1. The molecule has 0 aliphatic rings. The third-order valence-corrected chi connectivity index (χ3v) is 5.27. The van der Waals surface area contributed by atoms with E-state index >= 15 is 0 Å². The van der Waals surface area contributed by atoms with Gasteiger partial charge in [0.25, 0.3) is 0 Å². The van der Waals surface area contributed by atoms with Crippen molar-refractivity contribution < 1.29 is 13.2 Å². The molecule has 1 rings (SSSR count). The molecule has 1 amide bonds. The highest BCUT2D eigenvalue weighted by Crippen LogP contribution is 2.22. The molecule has 0 aromatic heterocycles. The molecular weight excluding hydrogens is 288 g/mol. The van der Waals surface area contributed by atoms with Crippen molar-refractivity contribution in [1.82, 2.24) is 0 Å². The Hall–Kier alpha value is -1.27. The number of hydrogen-bond acceptors (Lipinski definition) is 4. The maximum atomic E-state index is 11.8. The van der Waals surface area contributed by atoms with E-state index in [1.165, 1.54) is 12.1 Å². The number of rotatable bonds is 5. The van der Waals surface area contributed by atoms with Crippen molar-refractivity contribution in [1.29, 1.82) is 0 Å². The molecule has 106 valence electrons. The zero-order chi connectivity index (χ0) is 14.6. The first-order valence-corrected chi connectivity index (χ1v) is 7.92. The summed E-state index contributed by atoms with van der Waals surface area (Å²) in [4.78, 5) is 11.7. The monoisotopic (exact) mass is 304 g/mol. The van der Waals surface area contributed by atoms with E-state index in [9.17, 15) is 13.2 Å². The molecule has 19 heavy (non-hydrogen) atoms. The van der Waals surface area contributed by atoms with Crippen LogP contribution in [0.2, 0.25) is 5.02 Å². The molecule has 0 aliphatic carbocycles. The van der Waals surface area contributed by atoms with Crippen molar-refractivity contribution in [3.05, 3.63) is 23.2 Å². The predicted octanol–water partition coefficient (Wildman–Crippen LogP) is 2.07. The second kappa shape index (κ2) is 6.25. The molecular formula is C12H17ClN2O3S. The Kier molecular flexibility index (Phi) is 5.20. The number of carbonyl (C=O) groups excluding carboxylic acids is 1. The Balaban J connectivity index is 2.76. The van der Waals surface area contributed by atoms with E-state index in [2.05, 4.69) is 5.32 Å². The molecule has 3 N–H and O–H groups in total. The number of nitrogens with two attached hydrogens (primary N) is 1. The van der Waals surface area contributed by atoms with Crippen molar-refractivity contribution in [2.75, 3.05) is 16.8 Å². The number of halogens is 1. The molecule has 0 spiro atoms. The lowest BCUT2D eigenvalue weighted by molar-refractivity contribution is -0.113. The smallest absolute Gasteiger partial charge is 0.239 e. The molecule has 0 heterocycles. The summed E-state index contributed by atoms with van der Waals surface area (Å²) in [7, 11) is -3.43. The Morgan fingerprint density at radius 3 is 2.63 bits per heavy atom. The van der Waals surface area contributed by atoms with E-state index in [-0.39, 0.29) is 0 Å². The fraction of sp³-hybridized carbons (Fsp3) is 0.417. The van der Waals surface area contributed by atoms with Crippen molar-refractivity contribution in [3.63, 3.8) is 0 Å². The highest BCUT2D eigenvalue weighted by molar-refractivity contribution is 7.92. The molecule has 0 fully saturated rings. The van der Waals surface area contributed by atoms with Crippen molar-refractivity contribution in [3.8, 4) is 0 Å². The summed E-state index contributed by atoms with van der Waals surface area (Å²) in [6, 6.07) is 4.59. The summed E-state index contributed by atoms with van der Waals surface area (Å²) in [5, 5.41) is 2.38. The number of sulfone groups is 1. The summed E-state index contributed by atoms with van der Waals surface area (Å²) >= 11 is 5.73. The molecule has 0 bridgehead atoms. The van der Waals surface area contributed by atoms with Crippen molar-refractivity contribution in [2.45, 2.75) is 25.5 Å². The van der Waals surface area contributed by atoms with Gasteiger partial charge >= 0.3 is 0 Å². The first-order chi connectivity index (χ1) is 8.76. The third-order valence-electron chi connectivity index (χ3n) is 2.81. The lowest BCUT2D eigenvalue weighted by Crippen LogP contribution is -2.29. The highest BCUT2D eigenvalue weighted by atomic mass is 35.5. The van der Waals surface area contributed by atoms with Gasteiger partial charge in [-0.05, 0) is 31.5 Å². The summed E-state index contributed by atoms with van der Waals surface area (Å²) in [6.45, 7) is 3.34. The Bertz CT molecular complexity index is 572. The maximum Gasteiger partial charge on any atom is 0.239 e. The van der Waals surface area contributed by atoms with Crippen LogP contribution in [0.5, 0.6) is 0 Å². The summed E-state index contributed by atoms with van der Waals surface area (Å²) < 4.78 is 23.6. The minimum atomic E-state index is -3.43. The van der Waals surface area contributed by atoms with E-state index in [0.29, 0.717) is 22.8 Å². The molecule has 0 aliphatic heterocycles. The van der Waals surface area contributed by atoms with E-state index in [4.69, 9.17) is 17.3 Å². The number of anilines is 2. The Morgan fingerprint density at radius 1 is 1.47 bits per heavy atom. The van der Waals surface area contributed by atoms with Crippen LogP contribution in [0.25, 0.3) is 0 Å². The first kappa shape index (κ1) is 15.8. The second-order valence-corrected chi connectivity index (χ2v) is 7.16. The SMILES string of the molecule is CCC(C)S(=O)(=O)CC(=O)Nc1ccc(Cl)cc1N. The van der Waals surface area contributed by atoms with Gasteiger partial charge in [-0.3, -0.25) is 4.79 Å². The van der Waals surface area contributed by atoms with Crippen LogP contribution in [0.15, 0.2) is 18.2 Å². The van der Waals surface area contributed by atoms with E-state index in [1.54, 1.807) is 19.9 Å². The van der Waals surface area contributed by atoms with Gasteiger partial charge in [-0.25, -0.2) is 8.42 Å². The lowest BCUT2D eigenvalue weighted by Gasteiger charge is -2.12. The molecule has 1 unspecified atom stereocenters. The summed E-state index contributed by atoms with van der Waals surface area (Å²) in [6.07, 6.45) is 0.471.